The summed E-state index contributed by atoms with van der Waals surface area (Å²) >= 11 is -3.61. The Bertz CT molecular complexity index is 29.9. The van der Waals surface area contributed by atoms with E-state index in [1.807, 2.05) is 0 Å². The van der Waals surface area contributed by atoms with Gasteiger partial charge in [-0.2, -0.15) is 0 Å². The summed E-state index contributed by atoms with van der Waals surface area (Å²) in [7, 11) is 0. The molecule has 0 aromatic rings. The van der Waals surface area contributed by atoms with Crippen LogP contribution in [0.4, 0.5) is 0 Å². The first-order valence-corrected chi connectivity index (χ1v) is 3.57. The third-order valence-corrected chi connectivity index (χ3v) is 0. The summed E-state index contributed by atoms with van der Waals surface area (Å²) in [6.07, 6.45) is 0. The van der Waals surface area contributed by atoms with Crippen LogP contribution in [0.1, 0.15) is 0 Å². The molecule has 0 spiro atoms. The van der Waals surface area contributed by atoms with Crippen molar-refractivity contribution in [2.24, 2.45) is 0 Å². The van der Waals surface area contributed by atoms with Crippen molar-refractivity contribution in [1.82, 2.24) is 0 Å². The van der Waals surface area contributed by atoms with Gasteiger partial charge in [0.1, 0.15) is 0 Å². The number of hydrogen-bond acceptors (Lipinski definition) is 1. The van der Waals surface area contributed by atoms with E-state index in [1.54, 1.807) is 0 Å². The molecule has 5 heteroatoms. The van der Waals surface area contributed by atoms with Crippen LogP contribution < -0.4 is 0 Å². The van der Waals surface area contributed by atoms with Gasteiger partial charge in [-0.3, -0.25) is 0 Å². The molecule has 2 N–H and O–H groups in total. The molecule has 0 radical (unpaired) electrons. The minimum absolute atomic E-state index is 0. The van der Waals surface area contributed by atoms with E-state index < -0.39 is 20.4 Å². The molecule has 0 aliphatic rings. The van der Waals surface area contributed by atoms with Crippen LogP contribution in [-0.4, -0.2) is 53.5 Å². The third kappa shape index (κ3) is 32.0. The molecule has 0 heterocycles. The van der Waals surface area contributed by atoms with Gasteiger partial charge in [-0.05, 0) is 0 Å². The molecule has 0 amide bonds. The van der Waals surface area contributed by atoms with Crippen LogP contribution in [-0.2, 0) is 3.10 Å². The van der Waals surface area contributed by atoms with Crippen LogP contribution >= 0.6 is 0 Å². The summed E-state index contributed by atoms with van der Waals surface area (Å²) in [5.41, 5.74) is 0. The second-order valence-corrected chi connectivity index (χ2v) is 1.55. The Kier molecular flexibility index (Phi) is 10.4. The van der Waals surface area contributed by atoms with Crippen LogP contribution in [0.5, 0.6) is 0 Å². The predicted molar refractivity (Wildman–Crippen MR) is 20.8 cm³/mol. The van der Waals surface area contributed by atoms with Crippen LogP contribution in [0.3, 0.4) is 0 Å². The Labute approximate surface area is 56.2 Å². The van der Waals surface area contributed by atoms with E-state index in [9.17, 15) is 0 Å². The van der Waals surface area contributed by atoms with Gasteiger partial charge >= 0.3 is 56.6 Å². The minimum atomic E-state index is -3.61. The molecular weight excluding hydrogens is 385 g/mol. The standard InChI is InChI=1S/Bi.H2O3Te.3H/c;1-4(2)3;;;/h;(H2,1,2,3);;;. The van der Waals surface area contributed by atoms with Crippen molar-refractivity contribution in [3.8, 4) is 0 Å². The molecule has 0 saturated heterocycles. The number of rotatable bonds is 0. The van der Waals surface area contributed by atoms with Crippen molar-refractivity contribution in [1.29, 1.82) is 0 Å². The molecule has 0 unspecified atom stereocenters. The topological polar surface area (TPSA) is 57.5 Å². The van der Waals surface area contributed by atoms with Crippen LogP contribution in [0.15, 0.2) is 0 Å². The second kappa shape index (κ2) is 5.39. The van der Waals surface area contributed by atoms with E-state index in [4.69, 9.17) is 10.0 Å². The van der Waals surface area contributed by atoms with Gasteiger partial charge in [0.15, 0.2) is 0 Å². The quantitative estimate of drug-likeness (QED) is 0.440. The molecule has 0 aromatic heterocycles. The van der Waals surface area contributed by atoms with Crippen molar-refractivity contribution >= 4 is 46.6 Å². The van der Waals surface area contributed by atoms with Gasteiger partial charge in [0.25, 0.3) is 0 Å². The van der Waals surface area contributed by atoms with E-state index >= 15 is 0 Å². The molecule has 0 saturated carbocycles. The Morgan fingerprint density at radius 2 is 1.40 bits per heavy atom. The maximum absolute atomic E-state index is 8.81. The summed E-state index contributed by atoms with van der Waals surface area (Å²) in [6, 6.07) is 0. The summed E-state index contributed by atoms with van der Waals surface area (Å²) in [4.78, 5) is 0. The zero-order valence-corrected chi connectivity index (χ0v) is 10.2. The van der Waals surface area contributed by atoms with Gasteiger partial charge in [0, 0.05) is 0 Å². The molecule has 0 rings (SSSR count). The zero-order chi connectivity index (χ0) is 3.58. The second-order valence-electron chi connectivity index (χ2n) is 0.231. The first kappa shape index (κ1) is 9.63. The molecule has 34 valence electrons. The van der Waals surface area contributed by atoms with Gasteiger partial charge < -0.3 is 0 Å². The Morgan fingerprint density at radius 1 is 1.40 bits per heavy atom. The van der Waals surface area contributed by atoms with Crippen LogP contribution in [0.25, 0.3) is 0 Å². The average molecular weight is 390 g/mol. The molecule has 0 bridgehead atoms. The Morgan fingerprint density at radius 3 is 1.40 bits per heavy atom. The SMILES string of the molecule is O=[Te](O)O.[BiH3]. The summed E-state index contributed by atoms with van der Waals surface area (Å²) < 4.78 is 23.3. The van der Waals surface area contributed by atoms with Gasteiger partial charge in [-0.25, -0.2) is 0 Å². The fourth-order valence-corrected chi connectivity index (χ4v) is 0. The monoisotopic (exact) mass is 392 g/mol. The first-order chi connectivity index (χ1) is 1.73. The van der Waals surface area contributed by atoms with Crippen molar-refractivity contribution in [2.45, 2.75) is 0 Å². The third-order valence-electron chi connectivity index (χ3n) is 0. The van der Waals surface area contributed by atoms with Crippen LogP contribution in [0, 0.1) is 0 Å². The fraction of sp³-hybridized carbons (Fsp3) is 0. The molecule has 0 aliphatic carbocycles. The van der Waals surface area contributed by atoms with E-state index in [1.165, 1.54) is 0 Å². The van der Waals surface area contributed by atoms with Gasteiger partial charge in [0.2, 0.25) is 0 Å². The predicted octanol–water partition coefficient (Wildman–Crippen LogP) is -2.80. The summed E-state index contributed by atoms with van der Waals surface area (Å²) in [5.74, 6) is 0. The zero-order valence-electron chi connectivity index (χ0n) is 2.42. The van der Waals surface area contributed by atoms with Gasteiger partial charge in [-0.15, -0.1) is 0 Å². The molecule has 0 aromatic carbocycles. The molecule has 3 nitrogen and oxygen atoms in total. The average Bonchev–Trinajstić information content (AvgIpc) is 0.811. The first-order valence-electron chi connectivity index (χ1n) is 0.532. The molecule has 0 aliphatic heterocycles. The van der Waals surface area contributed by atoms with Crippen molar-refractivity contribution in [2.75, 3.05) is 0 Å². The molecule has 0 atom stereocenters. The Balaban J connectivity index is 0. The van der Waals surface area contributed by atoms with E-state index in [0.29, 0.717) is 0 Å². The van der Waals surface area contributed by atoms with E-state index in [2.05, 4.69) is 0 Å². The van der Waals surface area contributed by atoms with E-state index in [-0.39, 0.29) is 26.2 Å². The van der Waals surface area contributed by atoms with Crippen LogP contribution in [0.2, 0.25) is 0 Å². The number of hydrogen-bond donors (Lipinski definition) is 2. The summed E-state index contributed by atoms with van der Waals surface area (Å²) in [6.45, 7) is 0. The molecule has 5 heavy (non-hydrogen) atoms. The van der Waals surface area contributed by atoms with Gasteiger partial charge in [-0.1, -0.05) is 0 Å². The Hall–Kier alpha value is 1.39. The normalized spacial score (nSPS) is 7.00. The molecular formula is H5BiO3Te. The summed E-state index contributed by atoms with van der Waals surface area (Å²) in [5, 5.41) is 0. The molecule has 0 fully saturated rings. The van der Waals surface area contributed by atoms with Crippen molar-refractivity contribution < 1.29 is 10.0 Å². The fourth-order valence-electron chi connectivity index (χ4n) is 0. The van der Waals surface area contributed by atoms with Crippen molar-refractivity contribution in [3.05, 3.63) is 0 Å². The maximum atomic E-state index is 8.81. The van der Waals surface area contributed by atoms with E-state index in [0.717, 1.165) is 0 Å². The van der Waals surface area contributed by atoms with Gasteiger partial charge in [0.05, 0.1) is 0 Å². The van der Waals surface area contributed by atoms with Crippen molar-refractivity contribution in [3.63, 3.8) is 0 Å².